The average molecular weight is 329 g/mol. The van der Waals surface area contributed by atoms with Gasteiger partial charge in [-0.15, -0.1) is 6.58 Å². The Morgan fingerprint density at radius 2 is 2.05 bits per heavy atom. The van der Waals surface area contributed by atoms with Crippen LogP contribution in [-0.2, 0) is 6.18 Å². The molecule has 0 amide bonds. The standard InChI is InChI=1S/C14H12ClF3N4/c1-2-6-19-13-20-7-5-12(22-13)21-11-8-9(14(16,17)18)3-4-10(11)15/h2-5,7-8H,1,6H2,(H2,19,20,21,22). The number of benzene rings is 1. The van der Waals surface area contributed by atoms with Crippen molar-refractivity contribution in [1.29, 1.82) is 0 Å². The monoisotopic (exact) mass is 328 g/mol. The first-order valence-corrected chi connectivity index (χ1v) is 6.59. The fraction of sp³-hybridized carbons (Fsp3) is 0.143. The number of hydrogen-bond acceptors (Lipinski definition) is 4. The minimum Gasteiger partial charge on any atom is -0.351 e. The Morgan fingerprint density at radius 3 is 2.73 bits per heavy atom. The molecular formula is C14H12ClF3N4. The summed E-state index contributed by atoms with van der Waals surface area (Å²) >= 11 is 5.92. The Labute approximate surface area is 130 Å². The number of rotatable bonds is 5. The molecule has 0 spiro atoms. The van der Waals surface area contributed by atoms with E-state index in [1.807, 2.05) is 0 Å². The van der Waals surface area contributed by atoms with Gasteiger partial charge in [0.1, 0.15) is 5.82 Å². The second-order valence-electron chi connectivity index (χ2n) is 4.25. The molecule has 0 radical (unpaired) electrons. The molecule has 0 saturated heterocycles. The van der Waals surface area contributed by atoms with Gasteiger partial charge < -0.3 is 10.6 Å². The van der Waals surface area contributed by atoms with Crippen LogP contribution in [0.25, 0.3) is 0 Å². The van der Waals surface area contributed by atoms with Crippen molar-refractivity contribution in [2.75, 3.05) is 17.2 Å². The van der Waals surface area contributed by atoms with E-state index in [2.05, 4.69) is 27.2 Å². The Morgan fingerprint density at radius 1 is 1.27 bits per heavy atom. The molecule has 2 rings (SSSR count). The van der Waals surface area contributed by atoms with E-state index in [1.54, 1.807) is 6.08 Å². The van der Waals surface area contributed by atoms with Gasteiger partial charge in [0.15, 0.2) is 0 Å². The van der Waals surface area contributed by atoms with Crippen LogP contribution >= 0.6 is 11.6 Å². The highest BCUT2D eigenvalue weighted by molar-refractivity contribution is 6.33. The van der Waals surface area contributed by atoms with E-state index in [4.69, 9.17) is 11.6 Å². The van der Waals surface area contributed by atoms with Crippen molar-refractivity contribution in [2.45, 2.75) is 6.18 Å². The number of nitrogens with zero attached hydrogens (tertiary/aromatic N) is 2. The molecule has 0 fully saturated rings. The zero-order valence-corrected chi connectivity index (χ0v) is 12.0. The topological polar surface area (TPSA) is 49.8 Å². The fourth-order valence-electron chi connectivity index (χ4n) is 1.61. The van der Waals surface area contributed by atoms with Crippen LogP contribution in [0.3, 0.4) is 0 Å². The fourth-order valence-corrected chi connectivity index (χ4v) is 1.78. The Balaban J connectivity index is 2.25. The maximum absolute atomic E-state index is 12.7. The molecule has 22 heavy (non-hydrogen) atoms. The molecule has 1 aromatic carbocycles. The van der Waals surface area contributed by atoms with E-state index in [1.165, 1.54) is 18.3 Å². The summed E-state index contributed by atoms with van der Waals surface area (Å²) in [6, 6.07) is 4.56. The zero-order chi connectivity index (χ0) is 16.2. The number of alkyl halides is 3. The number of anilines is 3. The molecule has 8 heteroatoms. The number of halogens is 4. The molecule has 1 aromatic heterocycles. The predicted octanol–water partition coefficient (Wildman–Crippen LogP) is 4.49. The van der Waals surface area contributed by atoms with Gasteiger partial charge in [0.2, 0.25) is 5.95 Å². The van der Waals surface area contributed by atoms with Gasteiger partial charge >= 0.3 is 6.18 Å². The van der Waals surface area contributed by atoms with E-state index < -0.39 is 11.7 Å². The van der Waals surface area contributed by atoms with Crippen LogP contribution in [0.15, 0.2) is 43.1 Å². The minimum atomic E-state index is -4.44. The van der Waals surface area contributed by atoms with E-state index in [-0.39, 0.29) is 10.7 Å². The minimum absolute atomic E-state index is 0.116. The summed E-state index contributed by atoms with van der Waals surface area (Å²) in [6.45, 7) is 4.02. The Bertz CT molecular complexity index is 673. The summed E-state index contributed by atoms with van der Waals surface area (Å²) in [5.74, 6) is 0.649. The van der Waals surface area contributed by atoms with Crippen LogP contribution in [0.4, 0.5) is 30.6 Å². The van der Waals surface area contributed by atoms with Gasteiger partial charge in [-0.25, -0.2) is 4.98 Å². The van der Waals surface area contributed by atoms with Crippen LogP contribution in [0.1, 0.15) is 5.56 Å². The predicted molar refractivity (Wildman–Crippen MR) is 80.5 cm³/mol. The molecule has 0 bridgehead atoms. The lowest BCUT2D eigenvalue weighted by Gasteiger charge is -2.12. The van der Waals surface area contributed by atoms with Gasteiger partial charge in [-0.05, 0) is 24.3 Å². The van der Waals surface area contributed by atoms with Crippen LogP contribution < -0.4 is 10.6 Å². The molecular weight excluding hydrogens is 317 g/mol. The van der Waals surface area contributed by atoms with Crippen LogP contribution in [0.2, 0.25) is 5.02 Å². The SMILES string of the molecule is C=CCNc1nccc(Nc2cc(C(F)(F)F)ccc2Cl)n1. The number of nitrogens with one attached hydrogen (secondary N) is 2. The first-order valence-electron chi connectivity index (χ1n) is 6.22. The highest BCUT2D eigenvalue weighted by Gasteiger charge is 2.31. The van der Waals surface area contributed by atoms with Crippen molar-refractivity contribution in [2.24, 2.45) is 0 Å². The van der Waals surface area contributed by atoms with E-state index in [0.29, 0.717) is 18.3 Å². The second-order valence-corrected chi connectivity index (χ2v) is 4.66. The third-order valence-electron chi connectivity index (χ3n) is 2.62. The van der Waals surface area contributed by atoms with Crippen LogP contribution in [0, 0.1) is 0 Å². The summed E-state index contributed by atoms with van der Waals surface area (Å²) in [7, 11) is 0. The maximum Gasteiger partial charge on any atom is 0.416 e. The Hall–Kier alpha value is -2.28. The second kappa shape index (κ2) is 6.65. The molecule has 2 aromatic rings. The molecule has 0 atom stereocenters. The van der Waals surface area contributed by atoms with Crippen molar-refractivity contribution in [3.8, 4) is 0 Å². The summed E-state index contributed by atoms with van der Waals surface area (Å²) in [5, 5.41) is 5.79. The quantitative estimate of drug-likeness (QED) is 0.794. The lowest BCUT2D eigenvalue weighted by atomic mass is 10.2. The van der Waals surface area contributed by atoms with Crippen molar-refractivity contribution in [1.82, 2.24) is 9.97 Å². The smallest absolute Gasteiger partial charge is 0.351 e. The van der Waals surface area contributed by atoms with E-state index in [9.17, 15) is 13.2 Å². The van der Waals surface area contributed by atoms with Gasteiger partial charge in [0.25, 0.3) is 0 Å². The normalized spacial score (nSPS) is 11.1. The third kappa shape index (κ3) is 4.11. The summed E-state index contributed by atoms with van der Waals surface area (Å²) < 4.78 is 38.2. The zero-order valence-electron chi connectivity index (χ0n) is 11.3. The molecule has 0 aliphatic heterocycles. The van der Waals surface area contributed by atoms with Crippen molar-refractivity contribution >= 4 is 29.1 Å². The van der Waals surface area contributed by atoms with Crippen LogP contribution in [0.5, 0.6) is 0 Å². The van der Waals surface area contributed by atoms with Crippen LogP contribution in [-0.4, -0.2) is 16.5 Å². The van der Waals surface area contributed by atoms with Crippen molar-refractivity contribution in [3.05, 3.63) is 53.7 Å². The molecule has 0 unspecified atom stereocenters. The molecule has 0 saturated carbocycles. The number of hydrogen-bond donors (Lipinski definition) is 2. The molecule has 116 valence electrons. The van der Waals surface area contributed by atoms with Crippen molar-refractivity contribution < 1.29 is 13.2 Å². The van der Waals surface area contributed by atoms with Gasteiger partial charge in [-0.2, -0.15) is 18.2 Å². The lowest BCUT2D eigenvalue weighted by molar-refractivity contribution is -0.137. The number of aromatic nitrogens is 2. The first-order chi connectivity index (χ1) is 10.4. The van der Waals surface area contributed by atoms with Gasteiger partial charge in [0, 0.05) is 12.7 Å². The molecule has 1 heterocycles. The lowest BCUT2D eigenvalue weighted by Crippen LogP contribution is -2.07. The highest BCUT2D eigenvalue weighted by atomic mass is 35.5. The van der Waals surface area contributed by atoms with Gasteiger partial charge in [-0.1, -0.05) is 17.7 Å². The van der Waals surface area contributed by atoms with Gasteiger partial charge in [0.05, 0.1) is 16.3 Å². The van der Waals surface area contributed by atoms with Gasteiger partial charge in [-0.3, -0.25) is 0 Å². The summed E-state index contributed by atoms with van der Waals surface area (Å²) in [5.41, 5.74) is -0.677. The average Bonchev–Trinajstić information content (AvgIpc) is 2.46. The molecule has 0 aliphatic carbocycles. The summed E-state index contributed by atoms with van der Waals surface area (Å²) in [4.78, 5) is 8.09. The van der Waals surface area contributed by atoms with Crippen molar-refractivity contribution in [3.63, 3.8) is 0 Å². The molecule has 0 aliphatic rings. The molecule has 2 N–H and O–H groups in total. The van der Waals surface area contributed by atoms with E-state index >= 15 is 0 Å². The third-order valence-corrected chi connectivity index (χ3v) is 2.95. The highest BCUT2D eigenvalue weighted by Crippen LogP contribution is 2.34. The van der Waals surface area contributed by atoms with E-state index in [0.717, 1.165) is 12.1 Å². The largest absolute Gasteiger partial charge is 0.416 e. The molecule has 4 nitrogen and oxygen atoms in total. The first kappa shape index (κ1) is 16.1. The maximum atomic E-state index is 12.7. The summed E-state index contributed by atoms with van der Waals surface area (Å²) in [6.07, 6.45) is -1.33. The Kier molecular flexibility index (Phi) is 4.87.